The van der Waals surface area contributed by atoms with Crippen molar-refractivity contribution in [3.63, 3.8) is 0 Å². The van der Waals surface area contributed by atoms with Gasteiger partial charge in [0.15, 0.2) is 17.4 Å². The fourth-order valence-corrected chi connectivity index (χ4v) is 2.19. The molecule has 0 unspecified atom stereocenters. The number of allylic oxidation sites excluding steroid dienone is 1. The Balaban J connectivity index is 1.68. The van der Waals surface area contributed by atoms with Crippen molar-refractivity contribution in [3.8, 4) is 5.75 Å². The highest BCUT2D eigenvalue weighted by molar-refractivity contribution is 6.08. The third-order valence-corrected chi connectivity index (χ3v) is 3.42. The van der Waals surface area contributed by atoms with Crippen LogP contribution in [-0.2, 0) is 6.42 Å². The molecule has 0 atom stereocenters. The summed E-state index contributed by atoms with van der Waals surface area (Å²) in [4.78, 5) is 4.29. The zero-order chi connectivity index (χ0) is 16.9. The first-order valence-corrected chi connectivity index (χ1v) is 7.32. The van der Waals surface area contributed by atoms with Gasteiger partial charge >= 0.3 is 0 Å². The smallest absolute Gasteiger partial charge is 0.173 e. The lowest BCUT2D eigenvalue weighted by molar-refractivity contribution is 0.432. The summed E-state index contributed by atoms with van der Waals surface area (Å²) in [6.07, 6.45) is 3.64. The van der Waals surface area contributed by atoms with Crippen molar-refractivity contribution >= 4 is 11.8 Å². The van der Waals surface area contributed by atoms with Crippen LogP contribution in [0.15, 0.2) is 54.6 Å². The zero-order valence-corrected chi connectivity index (χ0v) is 12.7. The van der Waals surface area contributed by atoms with Crippen molar-refractivity contribution in [2.45, 2.75) is 6.42 Å². The maximum atomic E-state index is 13.3. The Morgan fingerprint density at radius 2 is 2.00 bits per heavy atom. The molecule has 0 saturated heterocycles. The first kappa shape index (κ1) is 15.6. The molecule has 6 heteroatoms. The largest absolute Gasteiger partial charge is 0.505 e. The van der Waals surface area contributed by atoms with E-state index in [0.29, 0.717) is 29.3 Å². The van der Waals surface area contributed by atoms with E-state index in [1.807, 2.05) is 30.3 Å². The predicted octanol–water partition coefficient (Wildman–Crippen LogP) is 3.32. The number of nitrogens with one attached hydrogen (secondary N) is 2. The average molecular weight is 322 g/mol. The van der Waals surface area contributed by atoms with E-state index in [9.17, 15) is 9.50 Å². The molecule has 120 valence electrons. The SMILES string of the molecule is N=C(/C=C\c1n[nH]c(Cc2ccc(O)c(F)c2)n1)c1ccccc1. The third kappa shape index (κ3) is 3.73. The number of hydrogen-bond donors (Lipinski definition) is 3. The van der Waals surface area contributed by atoms with Gasteiger partial charge in [0.05, 0.1) is 5.71 Å². The second-order valence-electron chi connectivity index (χ2n) is 5.22. The van der Waals surface area contributed by atoms with E-state index >= 15 is 0 Å². The summed E-state index contributed by atoms with van der Waals surface area (Å²) in [6, 6.07) is 13.6. The minimum Gasteiger partial charge on any atom is -0.505 e. The van der Waals surface area contributed by atoms with Crippen LogP contribution in [0.3, 0.4) is 0 Å². The lowest BCUT2D eigenvalue weighted by Crippen LogP contribution is -1.93. The van der Waals surface area contributed by atoms with Crippen LogP contribution in [-0.4, -0.2) is 26.0 Å². The quantitative estimate of drug-likeness (QED) is 0.630. The first-order valence-electron chi connectivity index (χ1n) is 7.32. The Kier molecular flexibility index (Phi) is 4.47. The molecule has 0 spiro atoms. The second-order valence-corrected chi connectivity index (χ2v) is 5.22. The molecule has 0 radical (unpaired) electrons. The highest BCUT2D eigenvalue weighted by Crippen LogP contribution is 2.17. The maximum Gasteiger partial charge on any atom is 0.173 e. The number of halogens is 1. The normalized spacial score (nSPS) is 11.0. The number of aromatic hydroxyl groups is 1. The van der Waals surface area contributed by atoms with Gasteiger partial charge in [-0.2, -0.15) is 5.10 Å². The summed E-state index contributed by atoms with van der Waals surface area (Å²) in [6.45, 7) is 0. The number of aromatic amines is 1. The molecule has 0 saturated carbocycles. The molecule has 1 aromatic heterocycles. The van der Waals surface area contributed by atoms with Crippen molar-refractivity contribution in [1.82, 2.24) is 15.2 Å². The molecule has 0 aliphatic carbocycles. The second kappa shape index (κ2) is 6.87. The molecular formula is C18H15FN4O. The van der Waals surface area contributed by atoms with Gasteiger partial charge in [0, 0.05) is 6.42 Å². The van der Waals surface area contributed by atoms with E-state index in [-0.39, 0.29) is 5.75 Å². The molecule has 0 amide bonds. The van der Waals surface area contributed by atoms with Gasteiger partial charge in [-0.1, -0.05) is 36.4 Å². The van der Waals surface area contributed by atoms with Crippen LogP contribution >= 0.6 is 0 Å². The molecule has 3 rings (SSSR count). The molecule has 0 aliphatic rings. The Morgan fingerprint density at radius 3 is 2.75 bits per heavy atom. The van der Waals surface area contributed by atoms with Crippen molar-refractivity contribution in [1.29, 1.82) is 5.41 Å². The highest BCUT2D eigenvalue weighted by Gasteiger charge is 2.06. The number of nitrogens with zero attached hydrogens (tertiary/aromatic N) is 2. The molecule has 1 heterocycles. The van der Waals surface area contributed by atoms with Crippen molar-refractivity contribution < 1.29 is 9.50 Å². The standard InChI is InChI=1S/C18H15FN4O/c19-14-10-12(6-8-16(14)24)11-18-21-17(22-23-18)9-7-15(20)13-4-2-1-3-5-13/h1-10,20,24H,11H2,(H,21,22,23)/b9-7-,20-15?. The molecule has 2 aromatic carbocycles. The van der Waals surface area contributed by atoms with Crippen LogP contribution in [0.1, 0.15) is 22.8 Å². The van der Waals surface area contributed by atoms with Crippen LogP contribution in [0.5, 0.6) is 5.75 Å². The molecule has 0 aliphatic heterocycles. The fraction of sp³-hybridized carbons (Fsp3) is 0.0556. The monoisotopic (exact) mass is 322 g/mol. The summed E-state index contributed by atoms with van der Waals surface area (Å²) in [7, 11) is 0. The third-order valence-electron chi connectivity index (χ3n) is 3.42. The van der Waals surface area contributed by atoms with E-state index in [2.05, 4.69) is 15.2 Å². The minimum absolute atomic E-state index is 0.363. The lowest BCUT2D eigenvalue weighted by atomic mass is 10.1. The van der Waals surface area contributed by atoms with Gasteiger partial charge in [0.25, 0.3) is 0 Å². The van der Waals surface area contributed by atoms with Crippen LogP contribution in [0.25, 0.3) is 6.08 Å². The number of hydrogen-bond acceptors (Lipinski definition) is 4. The summed E-state index contributed by atoms with van der Waals surface area (Å²) >= 11 is 0. The van der Waals surface area contributed by atoms with E-state index in [1.165, 1.54) is 12.1 Å². The van der Waals surface area contributed by atoms with E-state index in [0.717, 1.165) is 5.56 Å². The Bertz CT molecular complexity index is 887. The lowest BCUT2D eigenvalue weighted by Gasteiger charge is -1.99. The predicted molar refractivity (Wildman–Crippen MR) is 89.6 cm³/mol. The summed E-state index contributed by atoms with van der Waals surface area (Å²) in [5, 5.41) is 24.0. The number of benzene rings is 2. The molecule has 0 bridgehead atoms. The van der Waals surface area contributed by atoms with Crippen molar-refractivity contribution in [2.24, 2.45) is 0 Å². The number of phenols is 1. The summed E-state index contributed by atoms with van der Waals surface area (Å²) < 4.78 is 13.3. The van der Waals surface area contributed by atoms with Crippen LogP contribution < -0.4 is 0 Å². The summed E-state index contributed by atoms with van der Waals surface area (Å²) in [5.41, 5.74) is 1.85. The number of H-pyrrole nitrogens is 1. The number of aromatic nitrogens is 3. The molecule has 24 heavy (non-hydrogen) atoms. The van der Waals surface area contributed by atoms with E-state index < -0.39 is 5.82 Å². The number of phenolic OH excluding ortho intramolecular Hbond substituents is 1. The molecule has 0 fully saturated rings. The molecule has 3 N–H and O–H groups in total. The average Bonchev–Trinajstić information content (AvgIpc) is 3.04. The van der Waals surface area contributed by atoms with Gasteiger partial charge in [-0.15, -0.1) is 0 Å². The van der Waals surface area contributed by atoms with Crippen molar-refractivity contribution in [3.05, 3.63) is 83.2 Å². The zero-order valence-electron chi connectivity index (χ0n) is 12.7. The van der Waals surface area contributed by atoms with Gasteiger partial charge in [0.1, 0.15) is 5.82 Å². The van der Waals surface area contributed by atoms with E-state index in [1.54, 1.807) is 18.2 Å². The van der Waals surface area contributed by atoms with E-state index in [4.69, 9.17) is 5.41 Å². The van der Waals surface area contributed by atoms with Crippen LogP contribution in [0.4, 0.5) is 4.39 Å². The fourth-order valence-electron chi connectivity index (χ4n) is 2.19. The van der Waals surface area contributed by atoms with Gasteiger partial charge in [-0.05, 0) is 35.4 Å². The van der Waals surface area contributed by atoms with Gasteiger partial charge in [-0.3, -0.25) is 5.10 Å². The Hall–Kier alpha value is -3.28. The number of rotatable bonds is 5. The topological polar surface area (TPSA) is 85.7 Å². The molecule has 5 nitrogen and oxygen atoms in total. The maximum absolute atomic E-state index is 13.3. The van der Waals surface area contributed by atoms with Crippen LogP contribution in [0, 0.1) is 11.2 Å². The Morgan fingerprint density at radius 1 is 1.21 bits per heavy atom. The van der Waals surface area contributed by atoms with Crippen molar-refractivity contribution in [2.75, 3.05) is 0 Å². The first-order chi connectivity index (χ1) is 11.6. The summed E-state index contributed by atoms with van der Waals surface area (Å²) in [5.74, 6) is -0.0151. The van der Waals surface area contributed by atoms with Gasteiger partial charge in [-0.25, -0.2) is 9.37 Å². The van der Waals surface area contributed by atoms with Gasteiger partial charge < -0.3 is 10.5 Å². The van der Waals surface area contributed by atoms with Crippen LogP contribution in [0.2, 0.25) is 0 Å². The Labute approximate surface area is 138 Å². The minimum atomic E-state index is -0.663. The molecule has 3 aromatic rings. The highest BCUT2D eigenvalue weighted by atomic mass is 19.1. The van der Waals surface area contributed by atoms with Gasteiger partial charge in [0.2, 0.25) is 0 Å². The molecular weight excluding hydrogens is 307 g/mol.